The van der Waals surface area contributed by atoms with E-state index < -0.39 is 15.7 Å². The number of hydrogen-bond donors (Lipinski definition) is 1. The fourth-order valence-electron chi connectivity index (χ4n) is 6.52. The summed E-state index contributed by atoms with van der Waals surface area (Å²) in [4.78, 5) is 0. The lowest BCUT2D eigenvalue weighted by atomic mass is 9.92. The van der Waals surface area contributed by atoms with Crippen LogP contribution in [0.2, 0.25) is 0 Å². The van der Waals surface area contributed by atoms with Crippen molar-refractivity contribution in [1.29, 1.82) is 0 Å². The molecule has 6 aromatic rings. The molecule has 45 heavy (non-hydrogen) atoms. The molecule has 1 heterocycles. The zero-order chi connectivity index (χ0) is 30.4. The number of nitrogens with one attached hydrogen (secondary N) is 1. The van der Waals surface area contributed by atoms with E-state index in [1.807, 2.05) is 48.5 Å². The molecule has 0 aromatic heterocycles. The average Bonchev–Trinajstić information content (AvgIpc) is 3.51. The Kier molecular flexibility index (Phi) is 7.15. The Morgan fingerprint density at radius 1 is 0.644 bits per heavy atom. The van der Waals surface area contributed by atoms with Gasteiger partial charge in [-0.2, -0.15) is 5.09 Å². The summed E-state index contributed by atoms with van der Waals surface area (Å²) < 4.78 is 27.8. The standard InChI is InChI=1S/C39H31NO3P2/c1-27(32-21-12-22-37(32)44(30-15-4-2-5-16-30)31-17-6-3-7-18-31)40-45(41)42-35-25-23-28-13-8-10-19-33(28)38(35)39-34-20-11-9-14-29(34)24-26-36(39)43-45/h2-20,22-27H,21H2,1H3,(H,40,41)/t27-/m1/s1. The molecular weight excluding hydrogens is 592 g/mol. The molecule has 0 spiro atoms. The summed E-state index contributed by atoms with van der Waals surface area (Å²) in [5.41, 5.74) is 2.98. The largest absolute Gasteiger partial charge is 0.513 e. The van der Waals surface area contributed by atoms with Crippen molar-refractivity contribution >= 4 is 47.8 Å². The molecule has 0 unspecified atom stereocenters. The average molecular weight is 624 g/mol. The molecule has 1 aliphatic heterocycles. The van der Waals surface area contributed by atoms with Crippen molar-refractivity contribution in [2.45, 2.75) is 19.4 Å². The second-order valence-corrected chi connectivity index (χ2v) is 15.2. The van der Waals surface area contributed by atoms with Gasteiger partial charge >= 0.3 is 7.75 Å². The van der Waals surface area contributed by atoms with Crippen molar-refractivity contribution < 1.29 is 13.6 Å². The molecule has 1 aliphatic carbocycles. The maximum absolute atomic E-state index is 14.8. The van der Waals surface area contributed by atoms with Crippen molar-refractivity contribution in [2.75, 3.05) is 0 Å². The lowest BCUT2D eigenvalue weighted by Crippen LogP contribution is -2.29. The van der Waals surface area contributed by atoms with E-state index in [1.165, 1.54) is 21.5 Å². The van der Waals surface area contributed by atoms with Crippen LogP contribution in [0.1, 0.15) is 13.3 Å². The lowest BCUT2D eigenvalue weighted by molar-refractivity contribution is 0.371. The first-order valence-electron chi connectivity index (χ1n) is 15.2. The van der Waals surface area contributed by atoms with Gasteiger partial charge in [0.15, 0.2) is 0 Å². The van der Waals surface area contributed by atoms with E-state index in [0.717, 1.165) is 39.1 Å². The van der Waals surface area contributed by atoms with Gasteiger partial charge in [-0.3, -0.25) is 0 Å². The molecule has 220 valence electrons. The fraction of sp³-hybridized carbons (Fsp3) is 0.0769. The summed E-state index contributed by atoms with van der Waals surface area (Å²) in [7, 11) is -4.70. The predicted molar refractivity (Wildman–Crippen MR) is 188 cm³/mol. The molecule has 2 aliphatic rings. The summed E-state index contributed by atoms with van der Waals surface area (Å²) in [6.45, 7) is 2.06. The molecule has 0 bridgehead atoms. The van der Waals surface area contributed by atoms with Crippen LogP contribution in [0.5, 0.6) is 11.5 Å². The minimum absolute atomic E-state index is 0.274. The van der Waals surface area contributed by atoms with Crippen molar-refractivity contribution in [3.05, 3.63) is 156 Å². The van der Waals surface area contributed by atoms with Gasteiger partial charge in [0, 0.05) is 17.2 Å². The zero-order valence-electron chi connectivity index (χ0n) is 24.8. The van der Waals surface area contributed by atoms with Gasteiger partial charge in [-0.15, -0.1) is 0 Å². The van der Waals surface area contributed by atoms with Crippen LogP contribution in [0.25, 0.3) is 32.7 Å². The summed E-state index contributed by atoms with van der Waals surface area (Å²) >= 11 is 0. The highest BCUT2D eigenvalue weighted by Crippen LogP contribution is 2.58. The Balaban J connectivity index is 1.24. The molecule has 0 saturated heterocycles. The van der Waals surface area contributed by atoms with Crippen LogP contribution >= 0.6 is 15.7 Å². The van der Waals surface area contributed by atoms with Crippen molar-refractivity contribution in [1.82, 2.24) is 5.09 Å². The van der Waals surface area contributed by atoms with Crippen molar-refractivity contribution in [2.24, 2.45) is 0 Å². The summed E-state index contributed by atoms with van der Waals surface area (Å²) in [5.74, 6) is 1.09. The second kappa shape index (κ2) is 11.5. The van der Waals surface area contributed by atoms with Crippen LogP contribution < -0.4 is 24.7 Å². The predicted octanol–water partition coefficient (Wildman–Crippen LogP) is 9.86. The van der Waals surface area contributed by atoms with Crippen LogP contribution in [0.4, 0.5) is 0 Å². The van der Waals surface area contributed by atoms with Crippen LogP contribution in [0.15, 0.2) is 156 Å². The fourth-order valence-corrected chi connectivity index (χ4v) is 10.7. The molecule has 4 nitrogen and oxygen atoms in total. The molecule has 1 N–H and O–H groups in total. The highest BCUT2D eigenvalue weighted by molar-refractivity contribution is 7.77. The molecule has 6 aromatic carbocycles. The smallest absolute Gasteiger partial charge is 0.404 e. The van der Waals surface area contributed by atoms with E-state index in [4.69, 9.17) is 9.05 Å². The Bertz CT molecular complexity index is 2050. The Hall–Kier alpha value is -4.46. The molecule has 1 atom stereocenters. The van der Waals surface area contributed by atoms with Gasteiger partial charge in [-0.1, -0.05) is 133 Å². The van der Waals surface area contributed by atoms with Crippen LogP contribution in [0, 0.1) is 0 Å². The van der Waals surface area contributed by atoms with Crippen LogP contribution in [0.3, 0.4) is 0 Å². The third-order valence-corrected chi connectivity index (χ3v) is 12.7. The summed E-state index contributed by atoms with van der Waals surface area (Å²) in [6.07, 6.45) is 5.22. The molecule has 0 saturated carbocycles. The maximum Gasteiger partial charge on any atom is 0.513 e. The molecular formula is C39H31NO3P2. The minimum atomic E-state index is -3.89. The second-order valence-electron chi connectivity index (χ2n) is 11.4. The summed E-state index contributed by atoms with van der Waals surface area (Å²) in [6, 6.07) is 45.4. The minimum Gasteiger partial charge on any atom is -0.404 e. The van der Waals surface area contributed by atoms with Gasteiger partial charge in [0.25, 0.3) is 0 Å². The van der Waals surface area contributed by atoms with Gasteiger partial charge < -0.3 is 9.05 Å². The molecule has 0 radical (unpaired) electrons. The number of fused-ring (bicyclic) bond motifs is 7. The Morgan fingerprint density at radius 2 is 1.13 bits per heavy atom. The maximum atomic E-state index is 14.8. The van der Waals surface area contributed by atoms with E-state index in [0.29, 0.717) is 11.5 Å². The van der Waals surface area contributed by atoms with Crippen molar-refractivity contribution in [3.8, 4) is 22.6 Å². The van der Waals surface area contributed by atoms with Gasteiger partial charge in [0.1, 0.15) is 11.5 Å². The molecule has 0 fully saturated rings. The topological polar surface area (TPSA) is 47.6 Å². The van der Waals surface area contributed by atoms with Gasteiger partial charge in [0.05, 0.1) is 0 Å². The monoisotopic (exact) mass is 623 g/mol. The van der Waals surface area contributed by atoms with Gasteiger partial charge in [-0.05, 0) is 76.4 Å². The van der Waals surface area contributed by atoms with E-state index in [1.54, 1.807) is 0 Å². The van der Waals surface area contributed by atoms with Crippen LogP contribution in [-0.2, 0) is 4.57 Å². The molecule has 6 heteroatoms. The SMILES string of the molecule is C[C@@H](NP1(=O)Oc2ccc3ccccc3c2-c2c(ccc3ccccc23)O1)C1=C(P(c2ccccc2)c2ccccc2)C=CC1. The molecule has 8 rings (SSSR count). The van der Waals surface area contributed by atoms with Crippen LogP contribution in [-0.4, -0.2) is 6.04 Å². The highest BCUT2D eigenvalue weighted by atomic mass is 31.2. The van der Waals surface area contributed by atoms with Gasteiger partial charge in [-0.25, -0.2) is 4.57 Å². The lowest BCUT2D eigenvalue weighted by Gasteiger charge is -2.27. The number of rotatable bonds is 6. The number of allylic oxidation sites excluding steroid dienone is 3. The normalized spacial score (nSPS) is 15.8. The van der Waals surface area contributed by atoms with E-state index >= 15 is 0 Å². The quantitative estimate of drug-likeness (QED) is 0.188. The first-order chi connectivity index (χ1) is 22.1. The third kappa shape index (κ3) is 5.10. The summed E-state index contributed by atoms with van der Waals surface area (Å²) in [5, 5.41) is 11.4. The Labute approximate surface area is 264 Å². The van der Waals surface area contributed by atoms with Gasteiger partial charge in [0.2, 0.25) is 0 Å². The van der Waals surface area contributed by atoms with E-state index in [9.17, 15) is 4.57 Å². The third-order valence-electron chi connectivity index (χ3n) is 8.56. The Morgan fingerprint density at radius 3 is 1.67 bits per heavy atom. The van der Waals surface area contributed by atoms with Crippen molar-refractivity contribution in [3.63, 3.8) is 0 Å². The number of benzene rings is 6. The highest BCUT2D eigenvalue weighted by Gasteiger charge is 2.38. The molecule has 0 amide bonds. The first-order valence-corrected chi connectivity index (χ1v) is 18.1. The van der Waals surface area contributed by atoms with E-state index in [-0.39, 0.29) is 6.04 Å². The number of hydrogen-bond acceptors (Lipinski definition) is 3. The zero-order valence-corrected chi connectivity index (χ0v) is 26.5. The first kappa shape index (κ1) is 28.0. The van der Waals surface area contributed by atoms with E-state index in [2.05, 4.69) is 109 Å².